The first-order valence-electron chi connectivity index (χ1n) is 10.3. The Labute approximate surface area is 191 Å². The van der Waals surface area contributed by atoms with Crippen molar-refractivity contribution in [3.8, 4) is 0 Å². The van der Waals surface area contributed by atoms with Crippen molar-refractivity contribution in [2.45, 2.75) is 19.6 Å². The van der Waals surface area contributed by atoms with Crippen molar-refractivity contribution in [1.82, 2.24) is 19.8 Å². The Morgan fingerprint density at radius 3 is 2.53 bits per heavy atom. The van der Waals surface area contributed by atoms with Gasteiger partial charge in [0.25, 0.3) is 5.91 Å². The number of carbonyl (C=O) groups excluding carboxylic acids is 2. The number of benzene rings is 3. The Morgan fingerprint density at radius 2 is 1.75 bits per heavy atom. The molecule has 0 unspecified atom stereocenters. The van der Waals surface area contributed by atoms with Crippen molar-refractivity contribution < 1.29 is 9.59 Å². The second-order valence-corrected chi connectivity index (χ2v) is 7.97. The number of amides is 2. The van der Waals surface area contributed by atoms with Crippen molar-refractivity contribution in [1.29, 1.82) is 0 Å². The molecule has 32 heavy (non-hydrogen) atoms. The molecule has 1 N–H and O–H groups in total. The van der Waals surface area contributed by atoms with E-state index in [-0.39, 0.29) is 24.9 Å². The zero-order valence-corrected chi connectivity index (χ0v) is 18.4. The number of imidazole rings is 1. The van der Waals surface area contributed by atoms with Crippen LogP contribution in [0.25, 0.3) is 11.0 Å². The fraction of sp³-hybridized carbons (Fsp3) is 0.160. The van der Waals surface area contributed by atoms with Gasteiger partial charge in [-0.3, -0.25) is 9.59 Å². The highest BCUT2D eigenvalue weighted by molar-refractivity contribution is 6.30. The van der Waals surface area contributed by atoms with Crippen LogP contribution in [-0.2, 0) is 24.4 Å². The summed E-state index contributed by atoms with van der Waals surface area (Å²) >= 11 is 5.99. The van der Waals surface area contributed by atoms with Gasteiger partial charge in [0.05, 0.1) is 17.6 Å². The highest BCUT2D eigenvalue weighted by Gasteiger charge is 2.17. The van der Waals surface area contributed by atoms with Gasteiger partial charge < -0.3 is 14.8 Å². The summed E-state index contributed by atoms with van der Waals surface area (Å²) in [6.45, 7) is 0.842. The topological polar surface area (TPSA) is 67.2 Å². The average molecular weight is 447 g/mol. The highest BCUT2D eigenvalue weighted by Crippen LogP contribution is 2.17. The van der Waals surface area contributed by atoms with E-state index < -0.39 is 0 Å². The van der Waals surface area contributed by atoms with Crippen LogP contribution in [-0.4, -0.2) is 33.3 Å². The first-order valence-corrected chi connectivity index (χ1v) is 10.6. The van der Waals surface area contributed by atoms with E-state index in [4.69, 9.17) is 11.6 Å². The van der Waals surface area contributed by atoms with Crippen molar-refractivity contribution >= 4 is 34.4 Å². The number of nitrogens with one attached hydrogen (secondary N) is 1. The van der Waals surface area contributed by atoms with Gasteiger partial charge in [0.15, 0.2) is 0 Å². The summed E-state index contributed by atoms with van der Waals surface area (Å²) in [4.78, 5) is 31.9. The van der Waals surface area contributed by atoms with E-state index in [0.717, 1.165) is 16.6 Å². The molecule has 6 nitrogen and oxygen atoms in total. The Bertz CT molecular complexity index is 1250. The number of hydrogen-bond acceptors (Lipinski definition) is 3. The summed E-state index contributed by atoms with van der Waals surface area (Å²) < 4.78 is 1.86. The van der Waals surface area contributed by atoms with Gasteiger partial charge in [0.2, 0.25) is 5.91 Å². The molecule has 0 radical (unpaired) electrons. The van der Waals surface area contributed by atoms with Gasteiger partial charge in [-0.05, 0) is 35.9 Å². The molecular weight excluding hydrogens is 424 g/mol. The summed E-state index contributed by atoms with van der Waals surface area (Å²) in [6, 6.07) is 24.2. The largest absolute Gasteiger partial charge is 0.345 e. The second kappa shape index (κ2) is 9.66. The summed E-state index contributed by atoms with van der Waals surface area (Å²) in [5, 5.41) is 3.38. The highest BCUT2D eigenvalue weighted by atomic mass is 35.5. The zero-order valence-electron chi connectivity index (χ0n) is 17.7. The molecule has 0 aliphatic rings. The number of nitrogens with zero attached hydrogens (tertiary/aromatic N) is 3. The first kappa shape index (κ1) is 21.6. The van der Waals surface area contributed by atoms with E-state index in [1.54, 1.807) is 36.2 Å². The van der Waals surface area contributed by atoms with Crippen molar-refractivity contribution in [3.63, 3.8) is 0 Å². The minimum Gasteiger partial charge on any atom is -0.345 e. The molecule has 1 aromatic heterocycles. The molecule has 0 bridgehead atoms. The molecule has 162 valence electrons. The maximum atomic E-state index is 13.0. The summed E-state index contributed by atoms with van der Waals surface area (Å²) in [5.41, 5.74) is 3.16. The molecule has 3 aromatic carbocycles. The van der Waals surface area contributed by atoms with Crippen LogP contribution in [0.2, 0.25) is 5.02 Å². The summed E-state index contributed by atoms with van der Waals surface area (Å²) in [7, 11) is 1.79. The van der Waals surface area contributed by atoms with Gasteiger partial charge in [0, 0.05) is 24.2 Å². The van der Waals surface area contributed by atoms with Crippen LogP contribution in [0.4, 0.5) is 0 Å². The van der Waals surface area contributed by atoms with Gasteiger partial charge in [-0.1, -0.05) is 60.1 Å². The maximum absolute atomic E-state index is 13.0. The monoisotopic (exact) mass is 446 g/mol. The number of halogens is 1. The third-order valence-corrected chi connectivity index (χ3v) is 5.44. The van der Waals surface area contributed by atoms with E-state index in [0.29, 0.717) is 23.0 Å². The van der Waals surface area contributed by atoms with Crippen LogP contribution in [0, 0.1) is 0 Å². The van der Waals surface area contributed by atoms with Crippen LogP contribution < -0.4 is 5.32 Å². The third-order valence-electron chi connectivity index (χ3n) is 5.21. The Balaban J connectivity index is 1.52. The Kier molecular flexibility index (Phi) is 6.52. The van der Waals surface area contributed by atoms with Gasteiger partial charge in [-0.15, -0.1) is 0 Å². The number of carbonyl (C=O) groups is 2. The number of rotatable bonds is 7. The summed E-state index contributed by atoms with van der Waals surface area (Å²) in [5.74, 6) is 0.320. The molecule has 2 amide bonds. The van der Waals surface area contributed by atoms with E-state index >= 15 is 0 Å². The Morgan fingerprint density at radius 1 is 1.00 bits per heavy atom. The molecular formula is C25H23ClN4O2. The van der Waals surface area contributed by atoms with Gasteiger partial charge in [-0.25, -0.2) is 4.98 Å². The standard InChI is InChI=1S/C25H23ClN4O2/c1-29(16-18-8-3-2-4-9-18)24(31)17-30-22-13-6-5-12-21(22)28-23(30)15-27-25(32)19-10-7-11-20(26)14-19/h2-14H,15-17H2,1H3,(H,27,32). The van der Waals surface area contributed by atoms with Crippen molar-refractivity contribution in [2.24, 2.45) is 0 Å². The molecule has 0 aliphatic heterocycles. The van der Waals surface area contributed by atoms with Gasteiger partial charge >= 0.3 is 0 Å². The van der Waals surface area contributed by atoms with E-state index in [2.05, 4.69) is 10.3 Å². The first-order chi connectivity index (χ1) is 15.5. The van der Waals surface area contributed by atoms with Gasteiger partial charge in [0.1, 0.15) is 12.4 Å². The molecule has 0 saturated carbocycles. The fourth-order valence-corrected chi connectivity index (χ4v) is 3.72. The van der Waals surface area contributed by atoms with Crippen LogP contribution in [0.5, 0.6) is 0 Å². The van der Waals surface area contributed by atoms with E-state index in [1.165, 1.54) is 0 Å². The second-order valence-electron chi connectivity index (χ2n) is 7.53. The molecule has 0 spiro atoms. The van der Waals surface area contributed by atoms with Crippen LogP contribution >= 0.6 is 11.6 Å². The van der Waals surface area contributed by atoms with Crippen LogP contribution in [0.3, 0.4) is 0 Å². The van der Waals surface area contributed by atoms with Crippen molar-refractivity contribution in [2.75, 3.05) is 7.05 Å². The quantitative estimate of drug-likeness (QED) is 0.460. The molecule has 1 heterocycles. The van der Waals surface area contributed by atoms with Crippen LogP contribution in [0.1, 0.15) is 21.7 Å². The predicted octanol–water partition coefficient (Wildman–Crippen LogP) is 4.28. The maximum Gasteiger partial charge on any atom is 0.251 e. The summed E-state index contributed by atoms with van der Waals surface area (Å²) in [6.07, 6.45) is 0. The molecule has 4 rings (SSSR count). The molecule has 0 fully saturated rings. The fourth-order valence-electron chi connectivity index (χ4n) is 3.53. The number of aromatic nitrogens is 2. The lowest BCUT2D eigenvalue weighted by Gasteiger charge is -2.19. The third kappa shape index (κ3) is 4.98. The molecule has 0 saturated heterocycles. The molecule has 0 aliphatic carbocycles. The lowest BCUT2D eigenvalue weighted by molar-refractivity contribution is -0.131. The van der Waals surface area contributed by atoms with E-state index in [9.17, 15) is 9.59 Å². The zero-order chi connectivity index (χ0) is 22.5. The smallest absolute Gasteiger partial charge is 0.251 e. The predicted molar refractivity (Wildman–Crippen MR) is 125 cm³/mol. The number of fused-ring (bicyclic) bond motifs is 1. The number of likely N-dealkylation sites (N-methyl/N-ethyl adjacent to an activating group) is 1. The SMILES string of the molecule is CN(Cc1ccccc1)C(=O)Cn1c(CNC(=O)c2cccc(Cl)c2)nc2ccccc21. The van der Waals surface area contributed by atoms with E-state index in [1.807, 2.05) is 59.2 Å². The average Bonchev–Trinajstić information content (AvgIpc) is 3.15. The minimum absolute atomic E-state index is 0.0422. The minimum atomic E-state index is -0.251. The van der Waals surface area contributed by atoms with Crippen LogP contribution in [0.15, 0.2) is 78.9 Å². The number of para-hydroxylation sites is 2. The Hall–Kier alpha value is -3.64. The molecule has 7 heteroatoms. The number of hydrogen-bond donors (Lipinski definition) is 1. The lowest BCUT2D eigenvalue weighted by atomic mass is 10.2. The van der Waals surface area contributed by atoms with Crippen molar-refractivity contribution in [3.05, 3.63) is 101 Å². The van der Waals surface area contributed by atoms with Gasteiger partial charge in [-0.2, -0.15) is 0 Å². The normalized spacial score (nSPS) is 10.8. The molecule has 0 atom stereocenters. The molecule has 4 aromatic rings. The lowest BCUT2D eigenvalue weighted by Crippen LogP contribution is -2.31.